The molecule has 2 aromatic rings. The zero-order valence-corrected chi connectivity index (χ0v) is 18.0. The van der Waals surface area contributed by atoms with E-state index < -0.39 is 18.1 Å². The molecule has 3 atom stereocenters. The van der Waals surface area contributed by atoms with Crippen molar-refractivity contribution in [3.8, 4) is 11.1 Å². The number of aliphatic carboxylic acids is 1. The van der Waals surface area contributed by atoms with Gasteiger partial charge in [0, 0.05) is 18.4 Å². The minimum Gasteiger partial charge on any atom is -0.480 e. The van der Waals surface area contributed by atoms with Gasteiger partial charge in [0.25, 0.3) is 0 Å². The van der Waals surface area contributed by atoms with Gasteiger partial charge >= 0.3 is 12.1 Å². The van der Waals surface area contributed by atoms with Crippen molar-refractivity contribution < 1.29 is 24.2 Å². The first kappa shape index (κ1) is 21.9. The molecule has 0 spiro atoms. The van der Waals surface area contributed by atoms with Crippen molar-refractivity contribution in [3.05, 3.63) is 59.7 Å². The third kappa shape index (κ3) is 4.61. The largest absolute Gasteiger partial charge is 0.480 e. The van der Waals surface area contributed by atoms with Crippen LogP contribution in [0, 0.1) is 11.8 Å². The summed E-state index contributed by atoms with van der Waals surface area (Å²) in [6, 6.07) is 15.4. The number of carbonyl (C=O) groups is 3. The number of carbonyl (C=O) groups excluding carboxylic acids is 2. The number of hydrogen-bond acceptors (Lipinski definition) is 4. The number of amides is 2. The summed E-state index contributed by atoms with van der Waals surface area (Å²) in [6.07, 6.45) is 1.20. The molecule has 7 nitrogen and oxygen atoms in total. The Morgan fingerprint density at radius 1 is 1.06 bits per heavy atom. The van der Waals surface area contributed by atoms with Crippen LogP contribution in [0.5, 0.6) is 0 Å². The number of rotatable bonds is 9. The van der Waals surface area contributed by atoms with E-state index in [1.54, 1.807) is 0 Å². The first-order valence-corrected chi connectivity index (χ1v) is 11.1. The fourth-order valence-electron chi connectivity index (χ4n) is 4.48. The summed E-state index contributed by atoms with van der Waals surface area (Å²) in [7, 11) is 0. The topological polar surface area (TPSA) is 105 Å². The van der Waals surface area contributed by atoms with E-state index in [1.165, 1.54) is 11.1 Å². The average Bonchev–Trinajstić information content (AvgIpc) is 3.51. The number of nitrogens with one attached hydrogen (secondary N) is 2. The second-order valence-electron chi connectivity index (χ2n) is 8.50. The fourth-order valence-corrected chi connectivity index (χ4v) is 4.48. The number of carboxylic acids is 1. The van der Waals surface area contributed by atoms with Gasteiger partial charge in [-0.2, -0.15) is 0 Å². The molecule has 2 aliphatic rings. The number of alkyl carbamates (subject to hydrolysis) is 1. The molecular formula is C25H28N2O5. The summed E-state index contributed by atoms with van der Waals surface area (Å²) >= 11 is 0. The number of fused-ring (bicyclic) bond motifs is 3. The lowest BCUT2D eigenvalue weighted by atomic mass is 9.98. The first-order chi connectivity index (χ1) is 15.5. The maximum absolute atomic E-state index is 12.3. The highest BCUT2D eigenvalue weighted by Crippen LogP contribution is 2.44. The van der Waals surface area contributed by atoms with Crippen LogP contribution in [0.2, 0.25) is 0 Å². The van der Waals surface area contributed by atoms with Crippen molar-refractivity contribution in [3.63, 3.8) is 0 Å². The maximum atomic E-state index is 12.3. The van der Waals surface area contributed by atoms with E-state index in [1.807, 2.05) is 31.2 Å². The van der Waals surface area contributed by atoms with Gasteiger partial charge in [-0.05, 0) is 41.0 Å². The van der Waals surface area contributed by atoms with Crippen molar-refractivity contribution in [1.29, 1.82) is 0 Å². The fraction of sp³-hybridized carbons (Fsp3) is 0.400. The van der Waals surface area contributed by atoms with Crippen LogP contribution in [0.1, 0.15) is 43.2 Å². The van der Waals surface area contributed by atoms with Gasteiger partial charge in [-0.25, -0.2) is 9.59 Å². The van der Waals surface area contributed by atoms with Crippen molar-refractivity contribution in [2.24, 2.45) is 11.8 Å². The molecule has 7 heteroatoms. The van der Waals surface area contributed by atoms with E-state index in [-0.39, 0.29) is 30.3 Å². The molecule has 0 aliphatic heterocycles. The molecule has 0 bridgehead atoms. The van der Waals surface area contributed by atoms with E-state index in [0.29, 0.717) is 25.8 Å². The van der Waals surface area contributed by atoms with E-state index in [0.717, 1.165) is 11.1 Å². The van der Waals surface area contributed by atoms with Crippen LogP contribution in [0.4, 0.5) is 4.79 Å². The minimum absolute atomic E-state index is 0.000816. The SMILES string of the molecule is CCC[C@@H](NC(=O)C1CC1CNC(=O)OCC1c2ccccc2-c2ccccc21)C(=O)O. The molecule has 3 N–H and O–H groups in total. The zero-order chi connectivity index (χ0) is 22.7. The van der Waals surface area contributed by atoms with Crippen LogP contribution in [0.25, 0.3) is 11.1 Å². The third-order valence-corrected chi connectivity index (χ3v) is 6.30. The monoisotopic (exact) mass is 436 g/mol. The van der Waals surface area contributed by atoms with E-state index in [4.69, 9.17) is 4.74 Å². The summed E-state index contributed by atoms with van der Waals surface area (Å²) in [5.74, 6) is -1.53. The molecule has 4 rings (SSSR count). The molecule has 0 aromatic heterocycles. The van der Waals surface area contributed by atoms with Crippen LogP contribution in [0.15, 0.2) is 48.5 Å². The van der Waals surface area contributed by atoms with Crippen LogP contribution < -0.4 is 10.6 Å². The van der Waals surface area contributed by atoms with Crippen molar-refractivity contribution >= 4 is 18.0 Å². The van der Waals surface area contributed by atoms with E-state index in [2.05, 4.69) is 34.9 Å². The Morgan fingerprint density at radius 3 is 2.28 bits per heavy atom. The van der Waals surface area contributed by atoms with Gasteiger partial charge in [0.15, 0.2) is 0 Å². The number of ether oxygens (including phenoxy) is 1. The Morgan fingerprint density at radius 2 is 1.69 bits per heavy atom. The van der Waals surface area contributed by atoms with Gasteiger partial charge in [0.2, 0.25) is 5.91 Å². The molecule has 2 unspecified atom stereocenters. The summed E-state index contributed by atoms with van der Waals surface area (Å²) in [5.41, 5.74) is 4.65. The van der Waals surface area contributed by atoms with Crippen LogP contribution in [-0.2, 0) is 14.3 Å². The molecule has 32 heavy (non-hydrogen) atoms. The summed E-state index contributed by atoms with van der Waals surface area (Å²) < 4.78 is 5.51. The zero-order valence-electron chi connectivity index (χ0n) is 18.0. The van der Waals surface area contributed by atoms with Gasteiger partial charge in [0.05, 0.1) is 0 Å². The van der Waals surface area contributed by atoms with Gasteiger partial charge in [-0.3, -0.25) is 4.79 Å². The molecule has 2 aliphatic carbocycles. The van der Waals surface area contributed by atoms with Crippen molar-refractivity contribution in [2.45, 2.75) is 38.1 Å². The van der Waals surface area contributed by atoms with Gasteiger partial charge in [0.1, 0.15) is 12.6 Å². The van der Waals surface area contributed by atoms with Gasteiger partial charge < -0.3 is 20.5 Å². The molecule has 1 fully saturated rings. The molecular weight excluding hydrogens is 408 g/mol. The second kappa shape index (κ2) is 9.42. The highest BCUT2D eigenvalue weighted by atomic mass is 16.5. The molecule has 0 saturated heterocycles. The normalized spacial score (nSPS) is 19.4. The molecule has 2 aromatic carbocycles. The Kier molecular flexibility index (Phi) is 6.44. The maximum Gasteiger partial charge on any atom is 0.407 e. The number of hydrogen-bond donors (Lipinski definition) is 3. The lowest BCUT2D eigenvalue weighted by Gasteiger charge is -2.15. The predicted molar refractivity (Wildman–Crippen MR) is 119 cm³/mol. The minimum atomic E-state index is -1.02. The second-order valence-corrected chi connectivity index (χ2v) is 8.50. The molecule has 0 heterocycles. The summed E-state index contributed by atoms with van der Waals surface area (Å²) in [5, 5.41) is 14.5. The lowest BCUT2D eigenvalue weighted by molar-refractivity contribution is -0.142. The third-order valence-electron chi connectivity index (χ3n) is 6.30. The number of benzene rings is 2. The lowest BCUT2D eigenvalue weighted by Crippen LogP contribution is -2.42. The first-order valence-electron chi connectivity index (χ1n) is 11.1. The standard InChI is InChI=1S/C25H28N2O5/c1-2-7-22(24(29)30)27-23(28)20-12-15(20)13-26-25(31)32-14-21-18-10-5-3-8-16(18)17-9-4-6-11-19(17)21/h3-6,8-11,15,20-22H,2,7,12-14H2,1H3,(H,26,31)(H,27,28)(H,29,30)/t15?,20?,22-/m1/s1. The van der Waals surface area contributed by atoms with E-state index in [9.17, 15) is 19.5 Å². The molecule has 1 saturated carbocycles. The van der Waals surface area contributed by atoms with E-state index >= 15 is 0 Å². The van der Waals surface area contributed by atoms with Crippen LogP contribution in [0.3, 0.4) is 0 Å². The summed E-state index contributed by atoms with van der Waals surface area (Å²) in [6.45, 7) is 2.45. The Labute approximate surface area is 187 Å². The molecule has 2 amide bonds. The highest BCUT2D eigenvalue weighted by molar-refractivity contribution is 5.86. The summed E-state index contributed by atoms with van der Waals surface area (Å²) in [4.78, 5) is 35.7. The quantitative estimate of drug-likeness (QED) is 0.558. The Bertz CT molecular complexity index is 975. The average molecular weight is 437 g/mol. The van der Waals surface area contributed by atoms with Gasteiger partial charge in [-0.1, -0.05) is 61.9 Å². The smallest absolute Gasteiger partial charge is 0.407 e. The van der Waals surface area contributed by atoms with Crippen molar-refractivity contribution in [1.82, 2.24) is 10.6 Å². The van der Waals surface area contributed by atoms with Crippen LogP contribution in [-0.4, -0.2) is 42.3 Å². The predicted octanol–water partition coefficient (Wildman–Crippen LogP) is 3.53. The molecule has 168 valence electrons. The van der Waals surface area contributed by atoms with Crippen LogP contribution >= 0.6 is 0 Å². The van der Waals surface area contributed by atoms with Crippen molar-refractivity contribution in [2.75, 3.05) is 13.2 Å². The Balaban J connectivity index is 1.25. The molecule has 0 radical (unpaired) electrons. The Hall–Kier alpha value is -3.35. The van der Waals surface area contributed by atoms with Gasteiger partial charge in [-0.15, -0.1) is 0 Å². The number of carboxylic acid groups (broad SMARTS) is 1. The highest BCUT2D eigenvalue weighted by Gasteiger charge is 2.44.